The predicted octanol–water partition coefficient (Wildman–Crippen LogP) is 2.43. The van der Waals surface area contributed by atoms with Gasteiger partial charge in [-0.1, -0.05) is 5.16 Å². The molecule has 0 spiro atoms. The molecule has 106 valence electrons. The van der Waals surface area contributed by atoms with Gasteiger partial charge in [-0.25, -0.2) is 4.39 Å². The van der Waals surface area contributed by atoms with Gasteiger partial charge in [0.2, 0.25) is 11.7 Å². The summed E-state index contributed by atoms with van der Waals surface area (Å²) in [5, 5.41) is 7.37. The van der Waals surface area contributed by atoms with Crippen LogP contribution in [0.15, 0.2) is 22.7 Å². The van der Waals surface area contributed by atoms with E-state index in [4.69, 9.17) is 4.52 Å². The van der Waals surface area contributed by atoms with E-state index in [9.17, 15) is 4.39 Å². The largest absolute Gasteiger partial charge is 0.339 e. The van der Waals surface area contributed by atoms with Crippen LogP contribution in [0.2, 0.25) is 0 Å². The van der Waals surface area contributed by atoms with Gasteiger partial charge in [0.05, 0.1) is 0 Å². The van der Waals surface area contributed by atoms with Crippen LogP contribution in [0.3, 0.4) is 0 Å². The first-order chi connectivity index (χ1) is 9.70. The third kappa shape index (κ3) is 3.19. The van der Waals surface area contributed by atoms with Gasteiger partial charge >= 0.3 is 0 Å². The summed E-state index contributed by atoms with van der Waals surface area (Å²) in [6.07, 6.45) is 0.717. The molecule has 1 saturated heterocycles. The Morgan fingerprint density at radius 1 is 1.45 bits per heavy atom. The molecule has 1 aliphatic rings. The van der Waals surface area contributed by atoms with Crippen LogP contribution in [-0.2, 0) is 6.42 Å². The highest BCUT2D eigenvalue weighted by Gasteiger charge is 2.18. The summed E-state index contributed by atoms with van der Waals surface area (Å²) in [7, 11) is 0. The van der Waals surface area contributed by atoms with Crippen LogP contribution in [0.1, 0.15) is 11.5 Å². The van der Waals surface area contributed by atoms with E-state index in [0.29, 0.717) is 29.7 Å². The molecule has 1 aromatic heterocycles. The van der Waals surface area contributed by atoms with Crippen molar-refractivity contribution in [1.29, 1.82) is 0 Å². The molecule has 0 aliphatic carbocycles. The molecule has 2 aromatic rings. The van der Waals surface area contributed by atoms with E-state index >= 15 is 0 Å². The number of aromatic nitrogens is 2. The average molecular weight is 293 g/mol. The first kappa shape index (κ1) is 13.6. The number of hydrogen-bond donors (Lipinski definition) is 1. The van der Waals surface area contributed by atoms with Crippen LogP contribution in [-0.4, -0.2) is 34.2 Å². The first-order valence-electron chi connectivity index (χ1n) is 6.62. The van der Waals surface area contributed by atoms with Gasteiger partial charge in [0.15, 0.2) is 0 Å². The molecule has 1 fully saturated rings. The highest BCUT2D eigenvalue weighted by molar-refractivity contribution is 7.99. The third-order valence-electron chi connectivity index (χ3n) is 3.19. The van der Waals surface area contributed by atoms with Crippen molar-refractivity contribution in [2.75, 3.05) is 18.1 Å². The van der Waals surface area contributed by atoms with E-state index in [-0.39, 0.29) is 5.82 Å². The summed E-state index contributed by atoms with van der Waals surface area (Å²) in [6, 6.07) is 5.13. The van der Waals surface area contributed by atoms with E-state index in [0.717, 1.165) is 23.6 Å². The van der Waals surface area contributed by atoms with Crippen molar-refractivity contribution in [2.24, 2.45) is 0 Å². The lowest BCUT2D eigenvalue weighted by Crippen LogP contribution is -2.38. The van der Waals surface area contributed by atoms with Crippen molar-refractivity contribution in [3.63, 3.8) is 0 Å². The van der Waals surface area contributed by atoms with Gasteiger partial charge in [0.25, 0.3) is 0 Å². The number of hydrogen-bond acceptors (Lipinski definition) is 5. The molecule has 1 atom stereocenters. The first-order valence-corrected chi connectivity index (χ1v) is 7.77. The lowest BCUT2D eigenvalue weighted by Gasteiger charge is -2.21. The molecule has 20 heavy (non-hydrogen) atoms. The fourth-order valence-electron chi connectivity index (χ4n) is 2.28. The standard InChI is InChI=1S/C14H16FN3OS/c1-9-4-10(6-11(15)5-9)14-17-13(19-18-14)7-12-8-20-3-2-16-12/h4-6,12,16H,2-3,7-8H2,1H3. The number of nitrogens with zero attached hydrogens (tertiary/aromatic N) is 2. The Labute approximate surface area is 121 Å². The average Bonchev–Trinajstić information content (AvgIpc) is 2.87. The van der Waals surface area contributed by atoms with E-state index in [1.54, 1.807) is 0 Å². The Morgan fingerprint density at radius 2 is 2.35 bits per heavy atom. The number of thioether (sulfide) groups is 1. The Morgan fingerprint density at radius 3 is 3.10 bits per heavy atom. The normalized spacial score (nSPS) is 19.2. The second kappa shape index (κ2) is 5.93. The van der Waals surface area contributed by atoms with Gasteiger partial charge in [0, 0.05) is 36.1 Å². The summed E-state index contributed by atoms with van der Waals surface area (Å²) in [4.78, 5) is 4.36. The van der Waals surface area contributed by atoms with E-state index in [1.165, 1.54) is 12.1 Å². The second-order valence-corrected chi connectivity index (χ2v) is 6.11. The van der Waals surface area contributed by atoms with E-state index in [2.05, 4.69) is 15.5 Å². The number of aryl methyl sites for hydroxylation is 1. The monoisotopic (exact) mass is 293 g/mol. The van der Waals surface area contributed by atoms with E-state index < -0.39 is 0 Å². The Hall–Kier alpha value is -1.40. The van der Waals surface area contributed by atoms with Gasteiger partial charge in [-0.05, 0) is 30.7 Å². The van der Waals surface area contributed by atoms with Gasteiger partial charge in [-0.2, -0.15) is 16.7 Å². The van der Waals surface area contributed by atoms with Crippen molar-refractivity contribution >= 4 is 11.8 Å². The van der Waals surface area contributed by atoms with Gasteiger partial charge in [-0.3, -0.25) is 0 Å². The molecule has 3 rings (SSSR count). The Kier molecular flexibility index (Phi) is 4.03. The van der Waals surface area contributed by atoms with Crippen LogP contribution < -0.4 is 5.32 Å². The van der Waals surface area contributed by atoms with Gasteiger partial charge < -0.3 is 9.84 Å². The van der Waals surface area contributed by atoms with Crippen LogP contribution in [0.25, 0.3) is 11.4 Å². The fraction of sp³-hybridized carbons (Fsp3) is 0.429. The van der Waals surface area contributed by atoms with Crippen molar-refractivity contribution in [3.05, 3.63) is 35.5 Å². The topological polar surface area (TPSA) is 51.0 Å². The number of halogens is 1. The zero-order chi connectivity index (χ0) is 13.9. The summed E-state index contributed by atoms with van der Waals surface area (Å²) < 4.78 is 18.7. The molecular formula is C14H16FN3OS. The molecule has 0 radical (unpaired) electrons. The predicted molar refractivity (Wildman–Crippen MR) is 77.2 cm³/mol. The number of nitrogens with one attached hydrogen (secondary N) is 1. The maximum atomic E-state index is 13.4. The number of rotatable bonds is 3. The zero-order valence-corrected chi connectivity index (χ0v) is 12.0. The van der Waals surface area contributed by atoms with Crippen LogP contribution >= 0.6 is 11.8 Å². The second-order valence-electron chi connectivity index (χ2n) is 4.96. The van der Waals surface area contributed by atoms with Crippen molar-refractivity contribution in [1.82, 2.24) is 15.5 Å². The highest BCUT2D eigenvalue weighted by atomic mass is 32.2. The summed E-state index contributed by atoms with van der Waals surface area (Å²) in [5.74, 6) is 2.97. The quantitative estimate of drug-likeness (QED) is 0.942. The van der Waals surface area contributed by atoms with Crippen molar-refractivity contribution in [3.8, 4) is 11.4 Å². The molecule has 1 N–H and O–H groups in total. The zero-order valence-electron chi connectivity index (χ0n) is 11.2. The van der Waals surface area contributed by atoms with Crippen LogP contribution in [0.5, 0.6) is 0 Å². The number of benzene rings is 1. The fourth-order valence-corrected chi connectivity index (χ4v) is 3.23. The molecule has 0 saturated carbocycles. The maximum absolute atomic E-state index is 13.4. The molecule has 0 amide bonds. The molecule has 1 aliphatic heterocycles. The minimum absolute atomic E-state index is 0.281. The highest BCUT2D eigenvalue weighted by Crippen LogP contribution is 2.20. The Bertz CT molecular complexity index is 576. The maximum Gasteiger partial charge on any atom is 0.228 e. The van der Waals surface area contributed by atoms with Gasteiger partial charge in [-0.15, -0.1) is 0 Å². The smallest absolute Gasteiger partial charge is 0.228 e. The summed E-state index contributed by atoms with van der Waals surface area (Å²) in [5.41, 5.74) is 1.50. The Balaban J connectivity index is 1.75. The van der Waals surface area contributed by atoms with Crippen molar-refractivity contribution < 1.29 is 8.91 Å². The molecule has 1 unspecified atom stereocenters. The molecule has 0 bridgehead atoms. The molecule has 1 aromatic carbocycles. The summed E-state index contributed by atoms with van der Waals surface area (Å²) in [6.45, 7) is 2.86. The minimum atomic E-state index is -0.281. The van der Waals surface area contributed by atoms with E-state index in [1.807, 2.05) is 24.8 Å². The molecular weight excluding hydrogens is 277 g/mol. The molecule has 6 heteroatoms. The molecule has 4 nitrogen and oxygen atoms in total. The third-order valence-corrected chi connectivity index (χ3v) is 4.32. The summed E-state index contributed by atoms with van der Waals surface area (Å²) >= 11 is 1.93. The van der Waals surface area contributed by atoms with Crippen molar-refractivity contribution in [2.45, 2.75) is 19.4 Å². The lowest BCUT2D eigenvalue weighted by atomic mass is 10.1. The SMILES string of the molecule is Cc1cc(F)cc(-c2noc(CC3CSCCN3)n2)c1. The lowest BCUT2D eigenvalue weighted by molar-refractivity contribution is 0.363. The molecule has 2 heterocycles. The van der Waals surface area contributed by atoms with Crippen LogP contribution in [0, 0.1) is 12.7 Å². The van der Waals surface area contributed by atoms with Crippen LogP contribution in [0.4, 0.5) is 4.39 Å². The minimum Gasteiger partial charge on any atom is -0.339 e. The van der Waals surface area contributed by atoms with Gasteiger partial charge in [0.1, 0.15) is 5.82 Å².